The summed E-state index contributed by atoms with van der Waals surface area (Å²) >= 11 is 0. The fraction of sp³-hybridized carbons (Fsp3) is 0.211. The molecule has 31 heavy (non-hydrogen) atoms. The lowest BCUT2D eigenvalue weighted by molar-refractivity contribution is 0.0572. The van der Waals surface area contributed by atoms with E-state index in [0.29, 0.717) is 29.0 Å². The molecule has 0 radical (unpaired) electrons. The predicted molar refractivity (Wildman–Crippen MR) is 98.4 cm³/mol. The van der Waals surface area contributed by atoms with Crippen LogP contribution < -0.4 is 10.3 Å². The van der Waals surface area contributed by atoms with Crippen LogP contribution >= 0.6 is 0 Å². The van der Waals surface area contributed by atoms with Crippen LogP contribution in [0.5, 0.6) is 0 Å². The van der Waals surface area contributed by atoms with Crippen molar-refractivity contribution < 1.29 is 37.7 Å². The highest BCUT2D eigenvalue weighted by Gasteiger charge is 2.33. The van der Waals surface area contributed by atoms with E-state index in [0.717, 1.165) is 4.90 Å². The van der Waals surface area contributed by atoms with E-state index in [-0.39, 0.29) is 13.1 Å². The fourth-order valence-electron chi connectivity index (χ4n) is 3.47. The molecule has 162 valence electrons. The summed E-state index contributed by atoms with van der Waals surface area (Å²) in [4.78, 5) is 29.1. The van der Waals surface area contributed by atoms with Gasteiger partial charge in [-0.2, -0.15) is 0 Å². The van der Waals surface area contributed by atoms with Crippen molar-refractivity contribution in [3.63, 3.8) is 0 Å². The van der Waals surface area contributed by atoms with Gasteiger partial charge < -0.3 is 20.2 Å². The number of halogens is 4. The number of rotatable bonds is 3. The van der Waals surface area contributed by atoms with Crippen LogP contribution in [0, 0.1) is 23.3 Å². The van der Waals surface area contributed by atoms with Gasteiger partial charge in [-0.05, 0) is 6.07 Å². The van der Waals surface area contributed by atoms with Crippen LogP contribution in [0.25, 0.3) is 16.7 Å². The second kappa shape index (κ2) is 7.32. The van der Waals surface area contributed by atoms with E-state index in [2.05, 4.69) is 4.98 Å². The Morgan fingerprint density at radius 3 is 2.13 bits per heavy atom. The summed E-state index contributed by atoms with van der Waals surface area (Å²) in [6.07, 6.45) is -1.81. The third kappa shape index (κ3) is 3.39. The number of hydrogen-bond acceptors (Lipinski definition) is 6. The van der Waals surface area contributed by atoms with Crippen molar-refractivity contribution in [1.29, 1.82) is 0 Å². The van der Waals surface area contributed by atoms with Gasteiger partial charge in [0.15, 0.2) is 28.9 Å². The van der Waals surface area contributed by atoms with Gasteiger partial charge in [-0.3, -0.25) is 9.36 Å². The number of hydrogen-bond donors (Lipinski definition) is 3. The Balaban J connectivity index is 2.07. The zero-order chi connectivity index (χ0) is 22.6. The minimum absolute atomic E-state index is 0.215. The normalized spacial score (nSPS) is 18.7. The third-order valence-electron chi connectivity index (χ3n) is 4.92. The van der Waals surface area contributed by atoms with E-state index in [9.17, 15) is 42.5 Å². The molecule has 0 spiro atoms. The Kier molecular flexibility index (Phi) is 4.90. The van der Waals surface area contributed by atoms with E-state index in [4.69, 9.17) is 0 Å². The number of aliphatic hydroxyl groups excluding tert-OH is 2. The highest BCUT2D eigenvalue weighted by Crippen LogP contribution is 2.28. The molecule has 1 aliphatic heterocycles. The van der Waals surface area contributed by atoms with Gasteiger partial charge in [0, 0.05) is 31.4 Å². The lowest BCUT2D eigenvalue weighted by atomic mass is 10.1. The topological polar surface area (TPSA) is 116 Å². The number of aromatic carboxylic acids is 1. The molecule has 3 N–H and O–H groups in total. The lowest BCUT2D eigenvalue weighted by Crippen LogP contribution is -2.25. The Morgan fingerprint density at radius 1 is 1.00 bits per heavy atom. The van der Waals surface area contributed by atoms with Crippen LogP contribution in [0.15, 0.2) is 29.2 Å². The van der Waals surface area contributed by atoms with Crippen molar-refractivity contribution in [2.45, 2.75) is 12.2 Å². The van der Waals surface area contributed by atoms with Crippen molar-refractivity contribution in [1.82, 2.24) is 9.55 Å². The highest BCUT2D eigenvalue weighted by molar-refractivity contribution is 5.92. The van der Waals surface area contributed by atoms with Crippen LogP contribution in [0.2, 0.25) is 0 Å². The molecule has 1 aliphatic rings. The number of carbonyl (C=O) groups is 1. The first-order valence-electron chi connectivity index (χ1n) is 8.83. The summed E-state index contributed by atoms with van der Waals surface area (Å²) in [5.74, 6) is -7.33. The molecule has 3 aromatic rings. The number of aromatic nitrogens is 2. The molecule has 8 nitrogen and oxygen atoms in total. The molecule has 4 rings (SSSR count). The van der Waals surface area contributed by atoms with Gasteiger partial charge >= 0.3 is 5.97 Å². The van der Waals surface area contributed by atoms with E-state index < -0.39 is 75.0 Å². The molecular formula is C19H13F4N3O5. The summed E-state index contributed by atoms with van der Waals surface area (Å²) in [6.45, 7) is -0.430. The van der Waals surface area contributed by atoms with Crippen LogP contribution in [-0.4, -0.2) is 56.1 Å². The van der Waals surface area contributed by atoms with Gasteiger partial charge in [-0.25, -0.2) is 27.3 Å². The minimum Gasteiger partial charge on any atom is -0.477 e. The molecular weight excluding hydrogens is 426 g/mol. The Labute approximate surface area is 170 Å². The average Bonchev–Trinajstić information content (AvgIpc) is 3.00. The number of β-amino-alcohol motifs (C(OH)–C–C–N with tert-alkyl or cyclic N) is 2. The average molecular weight is 439 g/mol. The van der Waals surface area contributed by atoms with Crippen LogP contribution in [-0.2, 0) is 0 Å². The van der Waals surface area contributed by atoms with Crippen molar-refractivity contribution in [3.8, 4) is 5.69 Å². The minimum atomic E-state index is -1.74. The zero-order valence-electron chi connectivity index (χ0n) is 15.4. The van der Waals surface area contributed by atoms with E-state index in [1.807, 2.05) is 0 Å². The molecule has 0 bridgehead atoms. The second-order valence-electron chi connectivity index (χ2n) is 6.97. The summed E-state index contributed by atoms with van der Waals surface area (Å²) in [6, 6.07) is 1.35. The molecule has 12 heteroatoms. The summed E-state index contributed by atoms with van der Waals surface area (Å²) in [5.41, 5.74) is -3.51. The number of pyridine rings is 2. The van der Waals surface area contributed by atoms with Gasteiger partial charge in [0.05, 0.1) is 17.6 Å². The highest BCUT2D eigenvalue weighted by atomic mass is 19.1. The van der Waals surface area contributed by atoms with Gasteiger partial charge in [0.25, 0.3) is 0 Å². The summed E-state index contributed by atoms with van der Waals surface area (Å²) in [5, 5.41) is 28.1. The first-order chi connectivity index (χ1) is 14.6. The van der Waals surface area contributed by atoms with Crippen LogP contribution in [0.4, 0.5) is 23.4 Å². The maximum absolute atomic E-state index is 14.7. The molecule has 2 aromatic heterocycles. The summed E-state index contributed by atoms with van der Waals surface area (Å²) in [7, 11) is 0. The number of nitrogens with zero attached hydrogens (tertiary/aromatic N) is 3. The Morgan fingerprint density at radius 2 is 1.58 bits per heavy atom. The van der Waals surface area contributed by atoms with E-state index in [1.165, 1.54) is 0 Å². The van der Waals surface area contributed by atoms with Crippen molar-refractivity contribution >= 4 is 22.8 Å². The van der Waals surface area contributed by atoms with Crippen molar-refractivity contribution in [2.24, 2.45) is 0 Å². The molecule has 1 aromatic carbocycles. The molecule has 0 unspecified atom stereocenters. The van der Waals surface area contributed by atoms with Gasteiger partial charge in [-0.1, -0.05) is 0 Å². The fourth-order valence-corrected chi connectivity index (χ4v) is 3.47. The quantitative estimate of drug-likeness (QED) is 0.525. The monoisotopic (exact) mass is 439 g/mol. The Bertz CT molecular complexity index is 1260. The lowest BCUT2D eigenvalue weighted by Gasteiger charge is -2.19. The predicted octanol–water partition coefficient (Wildman–Crippen LogP) is 1.18. The first kappa shape index (κ1) is 20.8. The van der Waals surface area contributed by atoms with Crippen LogP contribution in [0.3, 0.4) is 0 Å². The number of anilines is 1. The summed E-state index contributed by atoms with van der Waals surface area (Å²) < 4.78 is 57.5. The van der Waals surface area contributed by atoms with E-state index in [1.54, 1.807) is 0 Å². The third-order valence-corrected chi connectivity index (χ3v) is 4.92. The largest absolute Gasteiger partial charge is 0.477 e. The second-order valence-corrected chi connectivity index (χ2v) is 6.97. The van der Waals surface area contributed by atoms with Gasteiger partial charge in [0.1, 0.15) is 17.1 Å². The number of fused-ring (bicyclic) bond motifs is 1. The molecule has 0 amide bonds. The number of carboxylic acid groups (broad SMARTS) is 1. The van der Waals surface area contributed by atoms with Gasteiger partial charge in [0.2, 0.25) is 5.43 Å². The van der Waals surface area contributed by atoms with Crippen molar-refractivity contribution in [3.05, 3.63) is 63.5 Å². The van der Waals surface area contributed by atoms with Crippen LogP contribution in [0.1, 0.15) is 10.4 Å². The Hall–Kier alpha value is -3.51. The zero-order valence-corrected chi connectivity index (χ0v) is 15.4. The van der Waals surface area contributed by atoms with Gasteiger partial charge in [-0.15, -0.1) is 0 Å². The maximum atomic E-state index is 14.7. The molecule has 0 aliphatic carbocycles. The van der Waals surface area contributed by atoms with E-state index >= 15 is 0 Å². The smallest absolute Gasteiger partial charge is 0.341 e. The number of aliphatic hydroxyl groups is 2. The molecule has 2 atom stereocenters. The molecule has 0 saturated carbocycles. The first-order valence-corrected chi connectivity index (χ1v) is 8.83. The SMILES string of the molecule is O=C(O)c1cn(-c2c(F)cc(F)cc2F)c2nc(N3C[C@@H](O)[C@H](O)C3)c(F)cc2c1=O. The standard InChI is InChI=1S/C19H13F4N3O5/c20-7-1-10(21)15(11(22)2-7)26-4-9(19(30)31)16(29)8-3-12(23)18(24-17(8)26)25-5-13(27)14(28)6-25/h1-4,13-14,27-28H,5-6H2,(H,30,31)/t13-,14-/m1/s1. The van der Waals surface area contributed by atoms with Crippen molar-refractivity contribution in [2.75, 3.05) is 18.0 Å². The number of benzene rings is 1. The molecule has 3 heterocycles. The maximum Gasteiger partial charge on any atom is 0.341 e. The number of carboxylic acids is 1. The molecule has 1 fully saturated rings. The molecule has 1 saturated heterocycles.